The Hall–Kier alpha value is -0.980. The fraction of sp³-hybridized carbons (Fsp3) is 0.778. The lowest BCUT2D eigenvalue weighted by atomic mass is 10.1. The molecule has 0 aromatic carbocycles. The Kier molecular flexibility index (Phi) is 4.19. The van der Waals surface area contributed by atoms with Crippen molar-refractivity contribution in [3.63, 3.8) is 0 Å². The van der Waals surface area contributed by atoms with E-state index in [0.717, 1.165) is 0 Å². The molecule has 0 aliphatic carbocycles. The summed E-state index contributed by atoms with van der Waals surface area (Å²) in [6.45, 7) is 0.983. The molecule has 1 rings (SSSR count). The zero-order chi connectivity index (χ0) is 11.4. The summed E-state index contributed by atoms with van der Waals surface area (Å²) in [6.07, 6.45) is -2.87. The lowest BCUT2D eigenvalue weighted by Gasteiger charge is -2.15. The van der Waals surface area contributed by atoms with Crippen LogP contribution in [0.4, 0.5) is 0 Å². The number of hydrogen-bond acceptors (Lipinski definition) is 6. The molecule has 0 unspecified atom stereocenters. The minimum atomic E-state index is -1.04. The van der Waals surface area contributed by atoms with Crippen molar-refractivity contribution < 1.29 is 29.3 Å². The van der Waals surface area contributed by atoms with E-state index in [1.165, 1.54) is 6.92 Å². The molecular weight excluding hydrogens is 204 g/mol. The lowest BCUT2D eigenvalue weighted by molar-refractivity contribution is -0.154. The molecule has 3 atom stereocenters. The SMILES string of the molecule is CC(=O)CC(=O)O[C@H]1CO[C@H](CO)[C@@H]1O. The molecular formula is C9H14O6. The summed E-state index contributed by atoms with van der Waals surface area (Å²) in [5, 5.41) is 18.2. The van der Waals surface area contributed by atoms with Crippen LogP contribution in [0.15, 0.2) is 0 Å². The third-order valence-corrected chi connectivity index (χ3v) is 2.09. The van der Waals surface area contributed by atoms with E-state index >= 15 is 0 Å². The van der Waals surface area contributed by atoms with Crippen molar-refractivity contribution in [3.05, 3.63) is 0 Å². The lowest BCUT2D eigenvalue weighted by Crippen LogP contribution is -2.35. The van der Waals surface area contributed by atoms with E-state index in [2.05, 4.69) is 0 Å². The minimum Gasteiger partial charge on any atom is -0.457 e. The van der Waals surface area contributed by atoms with Crippen molar-refractivity contribution in [1.29, 1.82) is 0 Å². The number of carbonyl (C=O) groups excluding carboxylic acids is 2. The molecule has 0 radical (unpaired) electrons. The smallest absolute Gasteiger partial charge is 0.313 e. The molecule has 0 amide bonds. The van der Waals surface area contributed by atoms with Crippen LogP contribution < -0.4 is 0 Å². The van der Waals surface area contributed by atoms with Crippen LogP contribution in [0.2, 0.25) is 0 Å². The van der Waals surface area contributed by atoms with E-state index in [1.54, 1.807) is 0 Å². The van der Waals surface area contributed by atoms with E-state index in [4.69, 9.17) is 14.6 Å². The van der Waals surface area contributed by atoms with Crippen LogP contribution >= 0.6 is 0 Å². The number of ketones is 1. The van der Waals surface area contributed by atoms with Crippen molar-refractivity contribution in [2.45, 2.75) is 31.7 Å². The average Bonchev–Trinajstić information content (AvgIpc) is 2.46. The third kappa shape index (κ3) is 3.26. The Morgan fingerprint density at radius 1 is 1.53 bits per heavy atom. The van der Waals surface area contributed by atoms with Gasteiger partial charge in [0.05, 0.1) is 13.2 Å². The summed E-state index contributed by atoms with van der Waals surface area (Å²) in [4.78, 5) is 21.7. The average molecular weight is 218 g/mol. The Morgan fingerprint density at radius 3 is 2.67 bits per heavy atom. The highest BCUT2D eigenvalue weighted by atomic mass is 16.6. The fourth-order valence-corrected chi connectivity index (χ4v) is 1.33. The molecule has 0 aromatic rings. The molecule has 1 saturated heterocycles. The Bertz CT molecular complexity index is 251. The largest absolute Gasteiger partial charge is 0.457 e. The predicted octanol–water partition coefficient (Wildman–Crippen LogP) is -1.37. The molecule has 1 aliphatic rings. The van der Waals surface area contributed by atoms with Crippen LogP contribution in [0.25, 0.3) is 0 Å². The maximum absolute atomic E-state index is 11.1. The molecule has 0 aromatic heterocycles. The van der Waals surface area contributed by atoms with Gasteiger partial charge < -0.3 is 19.7 Å². The van der Waals surface area contributed by atoms with Gasteiger partial charge >= 0.3 is 5.97 Å². The van der Waals surface area contributed by atoms with Gasteiger partial charge in [-0.2, -0.15) is 0 Å². The van der Waals surface area contributed by atoms with Crippen LogP contribution in [0.5, 0.6) is 0 Å². The fourth-order valence-electron chi connectivity index (χ4n) is 1.33. The van der Waals surface area contributed by atoms with Gasteiger partial charge in [0.15, 0.2) is 6.10 Å². The third-order valence-electron chi connectivity index (χ3n) is 2.09. The van der Waals surface area contributed by atoms with Crippen LogP contribution in [-0.4, -0.2) is 53.5 Å². The van der Waals surface area contributed by atoms with Crippen LogP contribution in [0.1, 0.15) is 13.3 Å². The summed E-state index contributed by atoms with van der Waals surface area (Å²) >= 11 is 0. The van der Waals surface area contributed by atoms with E-state index in [0.29, 0.717) is 0 Å². The molecule has 1 heterocycles. The monoisotopic (exact) mass is 218 g/mol. The van der Waals surface area contributed by atoms with Gasteiger partial charge in [0, 0.05) is 0 Å². The van der Waals surface area contributed by atoms with Gasteiger partial charge in [0.1, 0.15) is 24.4 Å². The number of Topliss-reactive ketones (excluding diaryl/α,β-unsaturated/α-hetero) is 1. The summed E-state index contributed by atoms with van der Waals surface area (Å²) in [5.74, 6) is -0.985. The van der Waals surface area contributed by atoms with Gasteiger partial charge in [-0.25, -0.2) is 0 Å². The van der Waals surface area contributed by atoms with Gasteiger partial charge in [-0.3, -0.25) is 9.59 Å². The first kappa shape index (κ1) is 12.1. The Balaban J connectivity index is 2.40. The minimum absolute atomic E-state index is 0.0377. The van der Waals surface area contributed by atoms with Crippen molar-refractivity contribution in [2.75, 3.05) is 13.2 Å². The Labute approximate surface area is 86.8 Å². The van der Waals surface area contributed by atoms with Gasteiger partial charge in [-0.05, 0) is 6.92 Å². The van der Waals surface area contributed by atoms with Crippen LogP contribution in [0, 0.1) is 0 Å². The molecule has 0 saturated carbocycles. The van der Waals surface area contributed by atoms with Crippen molar-refractivity contribution in [3.8, 4) is 0 Å². The molecule has 0 bridgehead atoms. The molecule has 1 aliphatic heterocycles. The summed E-state index contributed by atoms with van der Waals surface area (Å²) in [6, 6.07) is 0. The van der Waals surface area contributed by atoms with Gasteiger partial charge in [-0.1, -0.05) is 0 Å². The first-order valence-corrected chi connectivity index (χ1v) is 4.64. The highest BCUT2D eigenvalue weighted by Gasteiger charge is 2.38. The maximum atomic E-state index is 11.1. The zero-order valence-electron chi connectivity index (χ0n) is 8.38. The number of rotatable bonds is 4. The summed E-state index contributed by atoms with van der Waals surface area (Å²) < 4.78 is 9.79. The number of hydrogen-bond donors (Lipinski definition) is 2. The first-order valence-electron chi connectivity index (χ1n) is 4.64. The normalized spacial score (nSPS) is 30.2. The van der Waals surface area contributed by atoms with Crippen molar-refractivity contribution in [2.24, 2.45) is 0 Å². The molecule has 6 heteroatoms. The number of aliphatic hydroxyl groups excluding tert-OH is 2. The van der Waals surface area contributed by atoms with Crippen molar-refractivity contribution >= 4 is 11.8 Å². The van der Waals surface area contributed by atoms with E-state index in [1.807, 2.05) is 0 Å². The Morgan fingerprint density at radius 2 is 2.20 bits per heavy atom. The van der Waals surface area contributed by atoms with Gasteiger partial charge in [0.2, 0.25) is 0 Å². The second-order valence-electron chi connectivity index (χ2n) is 3.45. The molecule has 15 heavy (non-hydrogen) atoms. The number of ether oxygens (including phenoxy) is 2. The topological polar surface area (TPSA) is 93.1 Å². The van der Waals surface area contributed by atoms with E-state index < -0.39 is 24.3 Å². The number of aliphatic hydroxyl groups is 2. The van der Waals surface area contributed by atoms with Gasteiger partial charge in [-0.15, -0.1) is 0 Å². The molecule has 2 N–H and O–H groups in total. The van der Waals surface area contributed by atoms with Crippen LogP contribution in [0.3, 0.4) is 0 Å². The molecule has 6 nitrogen and oxygen atoms in total. The second-order valence-corrected chi connectivity index (χ2v) is 3.45. The summed E-state index contributed by atoms with van der Waals surface area (Å²) in [5.41, 5.74) is 0. The summed E-state index contributed by atoms with van der Waals surface area (Å²) in [7, 11) is 0. The predicted molar refractivity (Wildman–Crippen MR) is 48.0 cm³/mol. The number of carbonyl (C=O) groups is 2. The number of esters is 1. The zero-order valence-corrected chi connectivity index (χ0v) is 8.38. The van der Waals surface area contributed by atoms with E-state index in [-0.39, 0.29) is 25.4 Å². The highest BCUT2D eigenvalue weighted by Crippen LogP contribution is 2.17. The standard InChI is InChI=1S/C9H14O6/c1-5(11)2-8(12)15-7-4-14-6(3-10)9(7)13/h6-7,9-10,13H,2-4H2,1H3/t6-,7+,9+/m1/s1. The molecule has 86 valence electrons. The van der Waals surface area contributed by atoms with E-state index in [9.17, 15) is 14.7 Å². The highest BCUT2D eigenvalue weighted by molar-refractivity contribution is 5.94. The molecule has 1 fully saturated rings. The van der Waals surface area contributed by atoms with Crippen LogP contribution in [-0.2, 0) is 19.1 Å². The maximum Gasteiger partial charge on any atom is 0.313 e. The van der Waals surface area contributed by atoms with Gasteiger partial charge in [0.25, 0.3) is 0 Å². The second kappa shape index (κ2) is 5.20. The quantitative estimate of drug-likeness (QED) is 0.446. The molecule has 0 spiro atoms. The first-order chi connectivity index (χ1) is 7.04. The van der Waals surface area contributed by atoms with Crippen molar-refractivity contribution in [1.82, 2.24) is 0 Å².